The zero-order chi connectivity index (χ0) is 12.8. The molecule has 92 valence electrons. The van der Waals surface area contributed by atoms with Gasteiger partial charge in [0.15, 0.2) is 0 Å². The summed E-state index contributed by atoms with van der Waals surface area (Å²) < 4.78 is 37.4. The minimum atomic E-state index is -4.44. The van der Waals surface area contributed by atoms with Gasteiger partial charge < -0.3 is 5.11 Å². The number of hydrogen-bond donors (Lipinski definition) is 1. The molecule has 0 spiro atoms. The van der Waals surface area contributed by atoms with Gasteiger partial charge in [0.1, 0.15) is 0 Å². The summed E-state index contributed by atoms with van der Waals surface area (Å²) in [6.45, 7) is 0. The number of benzene rings is 1. The molecule has 0 aliphatic heterocycles. The zero-order valence-corrected chi connectivity index (χ0v) is 9.22. The topological polar surface area (TPSA) is 37.3 Å². The van der Waals surface area contributed by atoms with E-state index < -0.39 is 29.5 Å². The van der Waals surface area contributed by atoms with E-state index in [0.717, 1.165) is 18.2 Å². The van der Waals surface area contributed by atoms with Gasteiger partial charge in [-0.1, -0.05) is 11.6 Å². The van der Waals surface area contributed by atoms with Crippen LogP contribution in [0.5, 0.6) is 0 Å². The zero-order valence-electron chi connectivity index (χ0n) is 8.46. The molecular formula is C11H8ClF3O2. The Morgan fingerprint density at radius 1 is 1.41 bits per heavy atom. The van der Waals surface area contributed by atoms with Crippen molar-refractivity contribution >= 4 is 17.6 Å². The molecule has 0 aromatic heterocycles. The van der Waals surface area contributed by atoms with Crippen LogP contribution in [-0.4, -0.2) is 11.1 Å². The maximum atomic E-state index is 12.5. The molecule has 6 heteroatoms. The smallest absolute Gasteiger partial charge is 0.416 e. The van der Waals surface area contributed by atoms with Crippen molar-refractivity contribution in [2.45, 2.75) is 18.5 Å². The number of hydrogen-bond acceptors (Lipinski definition) is 1. The van der Waals surface area contributed by atoms with E-state index in [1.54, 1.807) is 0 Å². The third kappa shape index (κ3) is 2.39. The summed E-state index contributed by atoms with van der Waals surface area (Å²) >= 11 is 5.79. The van der Waals surface area contributed by atoms with Crippen LogP contribution in [0.2, 0.25) is 5.02 Å². The predicted molar refractivity (Wildman–Crippen MR) is 54.9 cm³/mol. The van der Waals surface area contributed by atoms with E-state index in [-0.39, 0.29) is 10.6 Å². The molecule has 0 saturated heterocycles. The van der Waals surface area contributed by atoms with Crippen LogP contribution < -0.4 is 0 Å². The first kappa shape index (κ1) is 12.2. The van der Waals surface area contributed by atoms with E-state index in [0.29, 0.717) is 6.42 Å². The Kier molecular flexibility index (Phi) is 2.81. The molecule has 1 aliphatic rings. The Bertz CT molecular complexity index is 470. The fourth-order valence-electron chi connectivity index (χ4n) is 1.82. The molecule has 2 rings (SSSR count). The molecule has 0 unspecified atom stereocenters. The number of carboxylic acids is 1. The average Bonchev–Trinajstić information content (AvgIpc) is 2.96. The predicted octanol–water partition coefficient (Wildman–Crippen LogP) is 3.55. The van der Waals surface area contributed by atoms with Crippen molar-refractivity contribution in [3.8, 4) is 0 Å². The van der Waals surface area contributed by atoms with Crippen molar-refractivity contribution in [2.24, 2.45) is 5.92 Å². The van der Waals surface area contributed by atoms with Gasteiger partial charge in [-0.3, -0.25) is 4.79 Å². The van der Waals surface area contributed by atoms with Crippen LogP contribution >= 0.6 is 11.6 Å². The van der Waals surface area contributed by atoms with Crippen LogP contribution in [0.4, 0.5) is 13.2 Å². The lowest BCUT2D eigenvalue weighted by Gasteiger charge is -2.10. The van der Waals surface area contributed by atoms with Crippen molar-refractivity contribution in [2.75, 3.05) is 0 Å². The lowest BCUT2D eigenvalue weighted by Crippen LogP contribution is -2.06. The van der Waals surface area contributed by atoms with Gasteiger partial charge in [-0.25, -0.2) is 0 Å². The van der Waals surface area contributed by atoms with Gasteiger partial charge in [-0.15, -0.1) is 0 Å². The number of carbonyl (C=O) groups is 1. The van der Waals surface area contributed by atoms with Crippen LogP contribution in [0.25, 0.3) is 0 Å². The van der Waals surface area contributed by atoms with E-state index in [4.69, 9.17) is 16.7 Å². The molecule has 0 amide bonds. The summed E-state index contributed by atoms with van der Waals surface area (Å²) in [5.41, 5.74) is -0.526. The number of carboxylic acid groups (broad SMARTS) is 1. The molecule has 1 aromatic rings. The highest BCUT2D eigenvalue weighted by atomic mass is 35.5. The van der Waals surface area contributed by atoms with E-state index in [1.807, 2.05) is 0 Å². The Balaban J connectivity index is 2.32. The minimum absolute atomic E-state index is 0.187. The molecule has 1 saturated carbocycles. The van der Waals surface area contributed by atoms with Gasteiger partial charge in [0, 0.05) is 5.02 Å². The molecule has 1 fully saturated rings. The van der Waals surface area contributed by atoms with Crippen molar-refractivity contribution in [1.82, 2.24) is 0 Å². The summed E-state index contributed by atoms with van der Waals surface area (Å²) in [5.74, 6) is -2.01. The second-order valence-corrected chi connectivity index (χ2v) is 4.43. The largest absolute Gasteiger partial charge is 0.481 e. The Morgan fingerprint density at radius 2 is 2.06 bits per heavy atom. The number of alkyl halides is 3. The summed E-state index contributed by atoms with van der Waals surface area (Å²) in [6, 6.07) is 3.00. The lowest BCUT2D eigenvalue weighted by molar-refractivity contribution is -0.138. The summed E-state index contributed by atoms with van der Waals surface area (Å²) in [6.07, 6.45) is -4.09. The third-order valence-electron chi connectivity index (χ3n) is 2.83. The Morgan fingerprint density at radius 3 is 2.53 bits per heavy atom. The fourth-order valence-corrected chi connectivity index (χ4v) is 2.07. The lowest BCUT2D eigenvalue weighted by atomic mass is 10.1. The molecule has 0 radical (unpaired) electrons. The van der Waals surface area contributed by atoms with Crippen LogP contribution in [0.3, 0.4) is 0 Å². The monoisotopic (exact) mass is 264 g/mol. The minimum Gasteiger partial charge on any atom is -0.481 e. The number of aliphatic carboxylic acids is 1. The number of halogens is 4. The van der Waals surface area contributed by atoms with Crippen molar-refractivity contribution in [3.05, 3.63) is 34.3 Å². The first-order valence-corrected chi connectivity index (χ1v) is 5.28. The van der Waals surface area contributed by atoms with Crippen LogP contribution in [0.1, 0.15) is 23.5 Å². The summed E-state index contributed by atoms with van der Waals surface area (Å²) in [5, 5.41) is 8.93. The maximum absolute atomic E-state index is 12.5. The van der Waals surface area contributed by atoms with Crippen LogP contribution in [0.15, 0.2) is 18.2 Å². The van der Waals surface area contributed by atoms with Gasteiger partial charge in [-0.2, -0.15) is 13.2 Å². The Labute approximate surface area is 100 Å². The van der Waals surface area contributed by atoms with Crippen LogP contribution in [-0.2, 0) is 11.0 Å². The van der Waals surface area contributed by atoms with E-state index >= 15 is 0 Å². The Hall–Kier alpha value is -1.23. The maximum Gasteiger partial charge on any atom is 0.416 e. The van der Waals surface area contributed by atoms with Gasteiger partial charge in [0.05, 0.1) is 11.5 Å². The SMILES string of the molecule is O=C(O)[C@@H]1C[C@H]1c1cc(C(F)(F)F)ccc1Cl. The van der Waals surface area contributed by atoms with Gasteiger partial charge in [0.2, 0.25) is 0 Å². The molecular weight excluding hydrogens is 257 g/mol. The second kappa shape index (κ2) is 3.91. The average molecular weight is 265 g/mol. The van der Waals surface area contributed by atoms with E-state index in [1.165, 1.54) is 0 Å². The van der Waals surface area contributed by atoms with Crippen molar-refractivity contribution in [3.63, 3.8) is 0 Å². The first-order valence-electron chi connectivity index (χ1n) is 4.90. The van der Waals surface area contributed by atoms with Crippen LogP contribution in [0, 0.1) is 5.92 Å². The molecule has 17 heavy (non-hydrogen) atoms. The molecule has 2 atom stereocenters. The summed E-state index contributed by atoms with van der Waals surface area (Å²) in [4.78, 5) is 10.7. The van der Waals surface area contributed by atoms with E-state index in [9.17, 15) is 18.0 Å². The number of rotatable bonds is 2. The standard InChI is InChI=1S/C11H8ClF3O2/c12-9-2-1-5(11(13,14)15)3-7(9)6-4-8(6)10(16)17/h1-3,6,8H,4H2,(H,16,17)/t6-,8+/m0/s1. The van der Waals surface area contributed by atoms with E-state index in [2.05, 4.69) is 0 Å². The highest BCUT2D eigenvalue weighted by molar-refractivity contribution is 6.31. The highest BCUT2D eigenvalue weighted by Crippen LogP contribution is 2.50. The quantitative estimate of drug-likeness (QED) is 0.887. The van der Waals surface area contributed by atoms with Gasteiger partial charge in [-0.05, 0) is 36.1 Å². The fraction of sp³-hybridized carbons (Fsp3) is 0.364. The normalized spacial score (nSPS) is 23.5. The molecule has 1 aromatic carbocycles. The van der Waals surface area contributed by atoms with Crippen molar-refractivity contribution < 1.29 is 23.1 Å². The molecule has 2 nitrogen and oxygen atoms in total. The first-order chi connectivity index (χ1) is 7.80. The van der Waals surface area contributed by atoms with Crippen molar-refractivity contribution in [1.29, 1.82) is 0 Å². The molecule has 1 aliphatic carbocycles. The van der Waals surface area contributed by atoms with Gasteiger partial charge >= 0.3 is 12.1 Å². The molecule has 0 bridgehead atoms. The molecule has 0 heterocycles. The summed E-state index contributed by atoms with van der Waals surface area (Å²) in [7, 11) is 0. The third-order valence-corrected chi connectivity index (χ3v) is 3.17. The second-order valence-electron chi connectivity index (χ2n) is 4.02. The molecule has 1 N–H and O–H groups in total. The van der Waals surface area contributed by atoms with Gasteiger partial charge in [0.25, 0.3) is 0 Å². The highest BCUT2D eigenvalue weighted by Gasteiger charge is 2.45.